The molecule has 0 radical (unpaired) electrons. The standard InChI is InChI=1S/C16H19NO3S/c1-2-15(17)16(13-9-5-3-6-10-13)21(18,19)20-14-11-7-4-8-12-14/h3-12,15-16H,2,17H2,1H3/t15-,16?/m1/s1. The zero-order chi connectivity index (χ0) is 15.3. The summed E-state index contributed by atoms with van der Waals surface area (Å²) < 4.78 is 30.4. The molecule has 0 aliphatic heterocycles. The van der Waals surface area contributed by atoms with E-state index in [0.717, 1.165) is 0 Å². The van der Waals surface area contributed by atoms with E-state index < -0.39 is 21.4 Å². The lowest BCUT2D eigenvalue weighted by Crippen LogP contribution is -2.35. The van der Waals surface area contributed by atoms with Gasteiger partial charge in [0.25, 0.3) is 0 Å². The summed E-state index contributed by atoms with van der Waals surface area (Å²) in [6.45, 7) is 1.86. The first-order valence-electron chi connectivity index (χ1n) is 6.83. The number of benzene rings is 2. The minimum atomic E-state index is -3.86. The Hall–Kier alpha value is -1.85. The molecule has 0 aliphatic rings. The Morgan fingerprint density at radius 1 is 1.00 bits per heavy atom. The summed E-state index contributed by atoms with van der Waals surface area (Å²) in [6, 6.07) is 16.9. The van der Waals surface area contributed by atoms with Gasteiger partial charge in [-0.3, -0.25) is 0 Å². The molecule has 5 heteroatoms. The molecular formula is C16H19NO3S. The summed E-state index contributed by atoms with van der Waals surface area (Å²) in [5.74, 6) is 0.293. The van der Waals surface area contributed by atoms with Crippen molar-refractivity contribution in [1.82, 2.24) is 0 Å². The molecule has 0 aromatic heterocycles. The molecule has 112 valence electrons. The molecule has 0 amide bonds. The third-order valence-corrected chi connectivity index (χ3v) is 4.92. The second-order valence-electron chi connectivity index (χ2n) is 4.79. The smallest absolute Gasteiger partial charge is 0.317 e. The Morgan fingerprint density at radius 3 is 2.05 bits per heavy atom. The SMILES string of the molecule is CC[C@@H](N)C(c1ccccc1)S(=O)(=O)Oc1ccccc1. The highest BCUT2D eigenvalue weighted by atomic mass is 32.2. The number of para-hydroxylation sites is 1. The molecule has 0 fully saturated rings. The second kappa shape index (κ2) is 6.74. The Balaban J connectivity index is 2.36. The highest BCUT2D eigenvalue weighted by Gasteiger charge is 2.34. The summed E-state index contributed by atoms with van der Waals surface area (Å²) in [5.41, 5.74) is 6.67. The molecule has 21 heavy (non-hydrogen) atoms. The molecule has 2 N–H and O–H groups in total. The molecular weight excluding hydrogens is 286 g/mol. The molecule has 0 saturated carbocycles. The fraction of sp³-hybridized carbons (Fsp3) is 0.250. The summed E-state index contributed by atoms with van der Waals surface area (Å²) in [7, 11) is -3.86. The predicted octanol–water partition coefficient (Wildman–Crippen LogP) is 2.87. The van der Waals surface area contributed by atoms with Crippen LogP contribution in [0.5, 0.6) is 5.75 Å². The van der Waals surface area contributed by atoms with Crippen LogP contribution in [0.4, 0.5) is 0 Å². The molecule has 2 aromatic carbocycles. The largest absolute Gasteiger partial charge is 0.382 e. The van der Waals surface area contributed by atoms with Gasteiger partial charge in [-0.05, 0) is 24.1 Å². The van der Waals surface area contributed by atoms with Gasteiger partial charge in [-0.15, -0.1) is 0 Å². The highest BCUT2D eigenvalue weighted by molar-refractivity contribution is 7.87. The summed E-state index contributed by atoms with van der Waals surface area (Å²) in [4.78, 5) is 0. The maximum atomic E-state index is 12.6. The van der Waals surface area contributed by atoms with Crippen LogP contribution in [0.3, 0.4) is 0 Å². The first-order valence-corrected chi connectivity index (χ1v) is 8.30. The maximum absolute atomic E-state index is 12.6. The van der Waals surface area contributed by atoms with E-state index in [1.54, 1.807) is 54.6 Å². The van der Waals surface area contributed by atoms with E-state index in [1.165, 1.54) is 0 Å². The fourth-order valence-electron chi connectivity index (χ4n) is 2.15. The van der Waals surface area contributed by atoms with Gasteiger partial charge in [-0.25, -0.2) is 0 Å². The minimum Gasteiger partial charge on any atom is -0.382 e. The molecule has 0 saturated heterocycles. The van der Waals surface area contributed by atoms with Crippen molar-refractivity contribution in [2.45, 2.75) is 24.6 Å². The third kappa shape index (κ3) is 3.83. The van der Waals surface area contributed by atoms with E-state index in [1.807, 2.05) is 13.0 Å². The molecule has 4 nitrogen and oxygen atoms in total. The van der Waals surface area contributed by atoms with Gasteiger partial charge in [0.1, 0.15) is 11.0 Å². The van der Waals surface area contributed by atoms with E-state index in [4.69, 9.17) is 9.92 Å². The maximum Gasteiger partial charge on any atom is 0.317 e. The normalized spacial score (nSPS) is 14.4. The quantitative estimate of drug-likeness (QED) is 0.833. The molecule has 2 atom stereocenters. The zero-order valence-electron chi connectivity index (χ0n) is 11.8. The summed E-state index contributed by atoms with van der Waals surface area (Å²) in [5, 5.41) is -0.885. The molecule has 2 aromatic rings. The van der Waals surface area contributed by atoms with Crippen LogP contribution in [0.15, 0.2) is 60.7 Å². The van der Waals surface area contributed by atoms with Gasteiger partial charge in [-0.1, -0.05) is 55.5 Å². The minimum absolute atomic E-state index is 0.293. The van der Waals surface area contributed by atoms with E-state index in [-0.39, 0.29) is 0 Å². The van der Waals surface area contributed by atoms with Crippen molar-refractivity contribution in [3.8, 4) is 5.75 Å². The molecule has 0 heterocycles. The average molecular weight is 305 g/mol. The number of rotatable bonds is 6. The van der Waals surface area contributed by atoms with Crippen molar-refractivity contribution >= 4 is 10.1 Å². The van der Waals surface area contributed by atoms with Crippen molar-refractivity contribution in [3.05, 3.63) is 66.2 Å². The van der Waals surface area contributed by atoms with Crippen LogP contribution in [0.1, 0.15) is 24.2 Å². The van der Waals surface area contributed by atoms with Crippen molar-refractivity contribution in [3.63, 3.8) is 0 Å². The Morgan fingerprint density at radius 2 is 1.52 bits per heavy atom. The molecule has 2 rings (SSSR count). The molecule has 1 unspecified atom stereocenters. The van der Waals surface area contributed by atoms with Crippen LogP contribution in [-0.4, -0.2) is 14.5 Å². The van der Waals surface area contributed by atoms with Gasteiger partial charge in [0.05, 0.1) is 0 Å². The molecule has 0 bridgehead atoms. The average Bonchev–Trinajstić information content (AvgIpc) is 2.48. The first kappa shape index (κ1) is 15.5. The van der Waals surface area contributed by atoms with E-state index in [9.17, 15) is 8.42 Å². The van der Waals surface area contributed by atoms with E-state index in [2.05, 4.69) is 0 Å². The number of nitrogens with two attached hydrogens (primary N) is 1. The monoisotopic (exact) mass is 305 g/mol. The van der Waals surface area contributed by atoms with Crippen LogP contribution >= 0.6 is 0 Å². The zero-order valence-corrected chi connectivity index (χ0v) is 12.7. The number of hydrogen-bond donors (Lipinski definition) is 1. The van der Waals surface area contributed by atoms with Crippen LogP contribution in [0.2, 0.25) is 0 Å². The second-order valence-corrected chi connectivity index (χ2v) is 6.45. The van der Waals surface area contributed by atoms with E-state index >= 15 is 0 Å². The van der Waals surface area contributed by atoms with Gasteiger partial charge in [-0.2, -0.15) is 8.42 Å². The molecule has 0 aliphatic carbocycles. The van der Waals surface area contributed by atoms with Crippen LogP contribution in [-0.2, 0) is 10.1 Å². The van der Waals surface area contributed by atoms with Crippen LogP contribution < -0.4 is 9.92 Å². The Labute approximate surface area is 125 Å². The predicted molar refractivity (Wildman–Crippen MR) is 83.4 cm³/mol. The topological polar surface area (TPSA) is 69.4 Å². The molecule has 0 spiro atoms. The summed E-state index contributed by atoms with van der Waals surface area (Å²) in [6.07, 6.45) is 0.539. The van der Waals surface area contributed by atoms with Gasteiger partial charge < -0.3 is 9.92 Å². The highest BCUT2D eigenvalue weighted by Crippen LogP contribution is 2.29. The van der Waals surface area contributed by atoms with Crippen molar-refractivity contribution < 1.29 is 12.6 Å². The van der Waals surface area contributed by atoms with Crippen LogP contribution in [0.25, 0.3) is 0 Å². The lowest BCUT2D eigenvalue weighted by atomic mass is 10.0. The van der Waals surface area contributed by atoms with Crippen molar-refractivity contribution in [1.29, 1.82) is 0 Å². The summed E-state index contributed by atoms with van der Waals surface area (Å²) >= 11 is 0. The third-order valence-electron chi connectivity index (χ3n) is 3.25. The van der Waals surface area contributed by atoms with Gasteiger partial charge in [0.2, 0.25) is 0 Å². The number of hydrogen-bond acceptors (Lipinski definition) is 4. The van der Waals surface area contributed by atoms with Gasteiger partial charge >= 0.3 is 10.1 Å². The van der Waals surface area contributed by atoms with Crippen molar-refractivity contribution in [2.24, 2.45) is 5.73 Å². The van der Waals surface area contributed by atoms with Crippen molar-refractivity contribution in [2.75, 3.05) is 0 Å². The first-order chi connectivity index (χ1) is 10.0. The van der Waals surface area contributed by atoms with Gasteiger partial charge in [0.15, 0.2) is 0 Å². The fourth-order valence-corrected chi connectivity index (χ4v) is 3.74. The van der Waals surface area contributed by atoms with E-state index in [0.29, 0.717) is 17.7 Å². The lowest BCUT2D eigenvalue weighted by molar-refractivity contribution is 0.455. The van der Waals surface area contributed by atoms with Crippen LogP contribution in [0, 0.1) is 0 Å². The lowest BCUT2D eigenvalue weighted by Gasteiger charge is -2.23. The Kier molecular flexibility index (Phi) is 4.98. The van der Waals surface area contributed by atoms with Gasteiger partial charge in [0, 0.05) is 6.04 Å². The Bertz CT molecular complexity index is 656.